The van der Waals surface area contributed by atoms with Crippen LogP contribution in [0.5, 0.6) is 11.5 Å². The van der Waals surface area contributed by atoms with Crippen LogP contribution in [0.25, 0.3) is 11.1 Å². The molecule has 0 fully saturated rings. The molecule has 0 amide bonds. The smallest absolute Gasteiger partial charge is 0.345 e. The van der Waals surface area contributed by atoms with Gasteiger partial charge in [0.15, 0.2) is 6.10 Å². The lowest BCUT2D eigenvalue weighted by molar-refractivity contribution is -0.145. The topological polar surface area (TPSA) is 55.8 Å². The largest absolute Gasteiger partial charge is 0.494 e. The van der Waals surface area contributed by atoms with E-state index in [1.165, 1.54) is 0 Å². The quantitative estimate of drug-likeness (QED) is 0.624. The number of para-hydroxylation sites is 1. The molecule has 3 rings (SSSR count). The second-order valence-corrected chi connectivity index (χ2v) is 6.08. The summed E-state index contributed by atoms with van der Waals surface area (Å²) < 4.78 is 11.5. The number of hydrogen-bond acceptors (Lipinski definition) is 3. The van der Waals surface area contributed by atoms with Crippen LogP contribution in [0.4, 0.5) is 0 Å². The van der Waals surface area contributed by atoms with Crippen LogP contribution in [0.2, 0.25) is 0 Å². The summed E-state index contributed by atoms with van der Waals surface area (Å²) in [5.74, 6) is 0.207. The summed E-state index contributed by atoms with van der Waals surface area (Å²) in [6.45, 7) is 2.41. The normalized spacial score (nSPS) is 11.6. The molecule has 0 heterocycles. The minimum absolute atomic E-state index is 0.217. The molecule has 3 aromatic carbocycles. The van der Waals surface area contributed by atoms with Crippen molar-refractivity contribution in [3.8, 4) is 22.6 Å². The van der Waals surface area contributed by atoms with Crippen molar-refractivity contribution in [3.63, 3.8) is 0 Å². The molecule has 1 N–H and O–H groups in total. The van der Waals surface area contributed by atoms with Crippen LogP contribution >= 0.6 is 0 Å². The lowest BCUT2D eigenvalue weighted by Gasteiger charge is -2.18. The second kappa shape index (κ2) is 8.90. The number of aliphatic carboxylic acids is 1. The lowest BCUT2D eigenvalue weighted by Crippen LogP contribution is -2.29. The Balaban J connectivity index is 1.86. The number of benzene rings is 3. The van der Waals surface area contributed by atoms with Gasteiger partial charge >= 0.3 is 5.97 Å². The zero-order chi connectivity index (χ0) is 19.1. The van der Waals surface area contributed by atoms with Gasteiger partial charge in [0.25, 0.3) is 0 Å². The van der Waals surface area contributed by atoms with Gasteiger partial charge in [0.05, 0.1) is 6.61 Å². The zero-order valence-corrected chi connectivity index (χ0v) is 15.2. The van der Waals surface area contributed by atoms with Crippen molar-refractivity contribution in [2.75, 3.05) is 6.61 Å². The maximum Gasteiger partial charge on any atom is 0.345 e. The van der Waals surface area contributed by atoms with E-state index in [4.69, 9.17) is 9.47 Å². The Hall–Kier alpha value is -3.27. The molecule has 27 heavy (non-hydrogen) atoms. The summed E-state index contributed by atoms with van der Waals surface area (Å²) >= 11 is 0. The second-order valence-electron chi connectivity index (χ2n) is 6.08. The summed E-state index contributed by atoms with van der Waals surface area (Å²) in [5.41, 5.74) is 2.92. The van der Waals surface area contributed by atoms with Gasteiger partial charge in [-0.15, -0.1) is 0 Å². The van der Waals surface area contributed by atoms with Crippen LogP contribution in [-0.4, -0.2) is 23.8 Å². The SMILES string of the molecule is CCOc1cc(-c2ccccc2)ccc1CC(Oc1ccccc1)C(=O)O. The third kappa shape index (κ3) is 4.88. The molecule has 1 atom stereocenters. The summed E-state index contributed by atoms with van der Waals surface area (Å²) in [4.78, 5) is 11.7. The average Bonchev–Trinajstić information content (AvgIpc) is 2.70. The van der Waals surface area contributed by atoms with Gasteiger partial charge in [0, 0.05) is 6.42 Å². The Morgan fingerprint density at radius 2 is 1.59 bits per heavy atom. The highest BCUT2D eigenvalue weighted by Gasteiger charge is 2.22. The Bertz CT molecular complexity index is 875. The predicted octanol–water partition coefficient (Wildman–Crippen LogP) is 4.83. The van der Waals surface area contributed by atoms with E-state index in [9.17, 15) is 9.90 Å². The molecule has 0 saturated heterocycles. The van der Waals surface area contributed by atoms with E-state index in [2.05, 4.69) is 0 Å². The van der Waals surface area contributed by atoms with Crippen LogP contribution in [0.1, 0.15) is 12.5 Å². The molecule has 1 unspecified atom stereocenters. The first kappa shape index (κ1) is 18.5. The van der Waals surface area contributed by atoms with Gasteiger partial charge in [-0.25, -0.2) is 4.79 Å². The maximum absolute atomic E-state index is 11.7. The van der Waals surface area contributed by atoms with Crippen molar-refractivity contribution in [1.29, 1.82) is 0 Å². The van der Waals surface area contributed by atoms with Gasteiger partial charge in [0.1, 0.15) is 11.5 Å². The maximum atomic E-state index is 11.7. The van der Waals surface area contributed by atoms with Gasteiger partial charge in [-0.2, -0.15) is 0 Å². The van der Waals surface area contributed by atoms with E-state index in [1.807, 2.05) is 73.7 Å². The Morgan fingerprint density at radius 1 is 0.926 bits per heavy atom. The summed E-state index contributed by atoms with van der Waals surface area (Å²) in [6, 6.07) is 24.8. The first-order valence-corrected chi connectivity index (χ1v) is 8.93. The highest BCUT2D eigenvalue weighted by atomic mass is 16.5. The summed E-state index contributed by atoms with van der Waals surface area (Å²) in [6.07, 6.45) is -0.775. The summed E-state index contributed by atoms with van der Waals surface area (Å²) in [5, 5.41) is 9.58. The predicted molar refractivity (Wildman–Crippen MR) is 105 cm³/mol. The van der Waals surface area contributed by atoms with Crippen LogP contribution in [-0.2, 0) is 11.2 Å². The van der Waals surface area contributed by atoms with Gasteiger partial charge in [-0.3, -0.25) is 0 Å². The van der Waals surface area contributed by atoms with Crippen molar-refractivity contribution in [1.82, 2.24) is 0 Å². The van der Waals surface area contributed by atoms with E-state index in [0.717, 1.165) is 16.7 Å². The molecule has 0 aliphatic rings. The van der Waals surface area contributed by atoms with E-state index < -0.39 is 12.1 Å². The van der Waals surface area contributed by atoms with E-state index >= 15 is 0 Å². The summed E-state index contributed by atoms with van der Waals surface area (Å²) in [7, 11) is 0. The van der Waals surface area contributed by atoms with E-state index in [0.29, 0.717) is 18.1 Å². The van der Waals surface area contributed by atoms with E-state index in [-0.39, 0.29) is 6.42 Å². The molecular formula is C23H22O4. The number of carboxylic acids is 1. The van der Waals surface area contributed by atoms with E-state index in [1.54, 1.807) is 12.1 Å². The van der Waals surface area contributed by atoms with Crippen LogP contribution < -0.4 is 9.47 Å². The molecule has 0 saturated carbocycles. The molecular weight excluding hydrogens is 340 g/mol. The van der Waals surface area contributed by atoms with Gasteiger partial charge in [-0.1, -0.05) is 60.7 Å². The first-order chi connectivity index (χ1) is 13.2. The van der Waals surface area contributed by atoms with Gasteiger partial charge < -0.3 is 14.6 Å². The Labute approximate surface area is 159 Å². The number of carbonyl (C=O) groups is 1. The molecule has 0 aromatic heterocycles. The van der Waals surface area contributed by atoms with Crippen LogP contribution in [0, 0.1) is 0 Å². The van der Waals surface area contributed by atoms with Crippen LogP contribution in [0.15, 0.2) is 78.9 Å². The third-order valence-electron chi connectivity index (χ3n) is 4.18. The Morgan fingerprint density at radius 3 is 2.22 bits per heavy atom. The minimum Gasteiger partial charge on any atom is -0.494 e. The number of rotatable bonds is 8. The zero-order valence-electron chi connectivity index (χ0n) is 15.2. The molecule has 4 nitrogen and oxygen atoms in total. The number of hydrogen-bond donors (Lipinski definition) is 1. The fourth-order valence-corrected chi connectivity index (χ4v) is 2.87. The molecule has 0 spiro atoms. The molecule has 0 bridgehead atoms. The molecule has 138 valence electrons. The van der Waals surface area contributed by atoms with Gasteiger partial charge in [0.2, 0.25) is 0 Å². The molecule has 4 heteroatoms. The lowest BCUT2D eigenvalue weighted by atomic mass is 10.00. The van der Waals surface area contributed by atoms with Gasteiger partial charge in [-0.05, 0) is 41.8 Å². The molecule has 0 radical (unpaired) electrons. The standard InChI is InChI=1S/C23H22O4/c1-2-26-21-15-18(17-9-5-3-6-10-17)13-14-19(21)16-22(23(24)25)27-20-11-7-4-8-12-20/h3-15,22H,2,16H2,1H3,(H,24,25). The highest BCUT2D eigenvalue weighted by molar-refractivity contribution is 5.74. The van der Waals surface area contributed by atoms with Crippen molar-refractivity contribution >= 4 is 5.97 Å². The monoisotopic (exact) mass is 362 g/mol. The number of carboxylic acid groups (broad SMARTS) is 1. The Kier molecular flexibility index (Phi) is 6.10. The third-order valence-corrected chi connectivity index (χ3v) is 4.18. The van der Waals surface area contributed by atoms with Crippen molar-refractivity contribution < 1.29 is 19.4 Å². The molecule has 0 aliphatic heterocycles. The van der Waals surface area contributed by atoms with Crippen molar-refractivity contribution in [2.45, 2.75) is 19.4 Å². The van der Waals surface area contributed by atoms with Crippen molar-refractivity contribution in [3.05, 3.63) is 84.4 Å². The van der Waals surface area contributed by atoms with Crippen LogP contribution in [0.3, 0.4) is 0 Å². The first-order valence-electron chi connectivity index (χ1n) is 8.93. The highest BCUT2D eigenvalue weighted by Crippen LogP contribution is 2.29. The fourth-order valence-electron chi connectivity index (χ4n) is 2.87. The minimum atomic E-state index is -1.01. The molecule has 3 aromatic rings. The average molecular weight is 362 g/mol. The number of ether oxygens (including phenoxy) is 2. The molecule has 0 aliphatic carbocycles. The fraction of sp³-hybridized carbons (Fsp3) is 0.174. The van der Waals surface area contributed by atoms with Crippen molar-refractivity contribution in [2.24, 2.45) is 0 Å².